The zero-order valence-corrected chi connectivity index (χ0v) is 50.4. The highest BCUT2D eigenvalue weighted by Crippen LogP contribution is 2.53. The Morgan fingerprint density at radius 1 is 0.312 bits per heavy atom. The minimum absolute atomic E-state index is 0.0172. The maximum absolute atomic E-state index is 10.4. The van der Waals surface area contributed by atoms with Crippen molar-refractivity contribution >= 4 is 93.2 Å². The van der Waals surface area contributed by atoms with Gasteiger partial charge in [0.15, 0.2) is 17.5 Å². The van der Waals surface area contributed by atoms with Gasteiger partial charge >= 0.3 is 0 Å². The van der Waals surface area contributed by atoms with Gasteiger partial charge in [-0.1, -0.05) is 236 Å². The van der Waals surface area contributed by atoms with Crippen LogP contribution in [0.25, 0.3) is 194 Å². The first-order valence-electron chi connectivity index (χ1n) is 38.4. The minimum atomic E-state index is -0.784. The summed E-state index contributed by atoms with van der Waals surface area (Å²) < 4.78 is 158. The van der Waals surface area contributed by atoms with Gasteiger partial charge in [0.1, 0.15) is 22.3 Å². The molecule has 0 aliphatic heterocycles. The van der Waals surface area contributed by atoms with Crippen LogP contribution < -0.4 is 0 Å². The molecule has 0 atom stereocenters. The van der Waals surface area contributed by atoms with Gasteiger partial charge in [0.05, 0.1) is 71.3 Å². The predicted molar refractivity (Wildman–Crippen MR) is 393 cm³/mol. The number of benzene rings is 14. The lowest BCUT2D eigenvalue weighted by Crippen LogP contribution is -2.08. The van der Waals surface area contributed by atoms with E-state index in [0.717, 1.165) is 60.7 Å². The lowest BCUT2D eigenvalue weighted by atomic mass is 9.94. The first kappa shape index (κ1) is 41.3. The van der Waals surface area contributed by atoms with Gasteiger partial charge in [-0.15, -0.1) is 0 Å². The Hall–Kier alpha value is -13.2. The largest absolute Gasteiger partial charge is 0.455 e. The predicted octanol–water partition coefficient (Wildman–Crippen LogP) is 23.8. The molecule has 0 bridgehead atoms. The zero-order valence-electron chi connectivity index (χ0n) is 65.4. The highest BCUT2D eigenvalue weighted by molar-refractivity contribution is 6.27. The molecule has 19 aromatic rings. The molecule has 14 aromatic carbocycles. The maximum atomic E-state index is 10.4. The van der Waals surface area contributed by atoms with Gasteiger partial charge in [-0.25, -0.2) is 19.8 Å². The van der Waals surface area contributed by atoms with Crippen molar-refractivity contribution in [2.24, 2.45) is 0 Å². The van der Waals surface area contributed by atoms with Crippen molar-refractivity contribution in [1.29, 1.82) is 0 Å². The van der Waals surface area contributed by atoms with E-state index in [2.05, 4.69) is 17.0 Å². The molecule has 0 N–H and O–H groups in total. The van der Waals surface area contributed by atoms with Crippen molar-refractivity contribution in [1.82, 2.24) is 24.1 Å². The van der Waals surface area contributed by atoms with Crippen molar-refractivity contribution in [2.75, 3.05) is 0 Å². The molecule has 96 heavy (non-hydrogen) atoms. The number of aromatic nitrogens is 5. The second kappa shape index (κ2) is 22.0. The lowest BCUT2D eigenvalue weighted by molar-refractivity contribution is 0.672. The fraction of sp³-hybridized carbons (Fsp3) is 0. The van der Waals surface area contributed by atoms with Crippen molar-refractivity contribution < 1.29 is 29.4 Å². The Morgan fingerprint density at radius 2 is 0.677 bits per heavy atom. The number of nitrogens with zero attached hydrogens (tertiary/aromatic N) is 6. The van der Waals surface area contributed by atoms with Gasteiger partial charge in [-0.2, -0.15) is 0 Å². The van der Waals surface area contributed by atoms with Crippen LogP contribution in [-0.2, 0) is 0 Å². The van der Waals surface area contributed by atoms with Gasteiger partial charge in [0.2, 0.25) is 5.69 Å². The fourth-order valence-electron chi connectivity index (χ4n) is 13.8. The summed E-state index contributed by atoms with van der Waals surface area (Å²) in [6, 6.07) is 60.8. The molecule has 0 aliphatic rings. The number of fused-ring (bicyclic) bond motifs is 14. The molecular weight excluding hydrogens is 1170 g/mol. The Labute approximate surface area is 572 Å². The first-order chi connectivity index (χ1) is 53.8. The van der Waals surface area contributed by atoms with Gasteiger partial charge < -0.3 is 18.0 Å². The molecule has 5 aromatic heterocycles. The summed E-state index contributed by atoms with van der Waals surface area (Å²) in [5.41, 5.74) is 8.62. The molecule has 0 fully saturated rings. The number of furan rings is 2. The van der Waals surface area contributed by atoms with Crippen LogP contribution in [0.3, 0.4) is 0 Å². The van der Waals surface area contributed by atoms with E-state index in [1.165, 1.54) is 6.07 Å². The van der Waals surface area contributed by atoms with E-state index in [0.29, 0.717) is 71.3 Å². The van der Waals surface area contributed by atoms with Crippen molar-refractivity contribution in [2.45, 2.75) is 0 Å². The quantitative estimate of drug-likeness (QED) is 0.128. The van der Waals surface area contributed by atoms with Crippen molar-refractivity contribution in [3.8, 4) is 101 Å². The van der Waals surface area contributed by atoms with Crippen molar-refractivity contribution in [3.05, 3.63) is 327 Å². The summed E-state index contributed by atoms with van der Waals surface area (Å²) in [6.45, 7) is 9.72. The summed E-state index contributed by atoms with van der Waals surface area (Å²) in [5, 5.41) is 5.38. The molecule has 0 spiro atoms. The van der Waals surface area contributed by atoms with Crippen LogP contribution >= 0.6 is 0 Å². The molecule has 8 nitrogen and oxygen atoms in total. The third-order valence-corrected chi connectivity index (χ3v) is 18.1. The van der Waals surface area contributed by atoms with Crippen LogP contribution in [0, 0.1) is 6.57 Å². The molecule has 0 saturated heterocycles. The highest BCUT2D eigenvalue weighted by Gasteiger charge is 2.32. The van der Waals surface area contributed by atoms with Crippen LogP contribution in [0.4, 0.5) is 5.69 Å². The van der Waals surface area contributed by atoms with Gasteiger partial charge in [0.25, 0.3) is 0 Å². The molecule has 19 rings (SSSR count). The topological polar surface area (TPSA) is 79.2 Å². The van der Waals surface area contributed by atoms with E-state index in [4.69, 9.17) is 32.0 Å². The number of hydrogen-bond donors (Lipinski definition) is 0. The summed E-state index contributed by atoms with van der Waals surface area (Å²) >= 11 is 0. The lowest BCUT2D eigenvalue weighted by Gasteiger charge is -2.24. The average Bonchev–Trinajstić information content (AvgIpc) is 1.54. The van der Waals surface area contributed by atoms with Gasteiger partial charge in [0, 0.05) is 54.6 Å². The standard InChI is InChI=1S/C88H52N6O2/c1-89-72-53-71(88-91-86(59-33-19-7-20-34-59)90-87(92-88)60-35-21-8-22-36-60)82(93-73-43-37-61(54-23-9-2-10-24-54)51-69(73)80-75(93)45-41-65-67-49-63(56-27-13-4-14-28-56)39-47-77(67)95-84(65)80)79(58-31-17-6-18-32-58)83(72)94-74-44-38-62(55-25-11-3-12-26-55)52-70(74)81-76(94)46-42-66-68-50-64(57-29-15-5-16-30-57)40-48-78(68)96-85(66)81/h2-53H/i6D,7D,8D,17D,18D,19D,20D,21D,22D,31D,32D,33D,34D,35D,36D. The van der Waals surface area contributed by atoms with E-state index in [-0.39, 0.29) is 28.2 Å². The van der Waals surface area contributed by atoms with E-state index in [9.17, 15) is 18.9 Å². The third kappa shape index (κ3) is 8.72. The van der Waals surface area contributed by atoms with Crippen LogP contribution in [0.15, 0.2) is 324 Å². The molecule has 446 valence electrons. The Morgan fingerprint density at radius 3 is 1.09 bits per heavy atom. The summed E-state index contributed by atoms with van der Waals surface area (Å²) in [7, 11) is 0. The molecule has 0 radical (unpaired) electrons. The van der Waals surface area contributed by atoms with Gasteiger partial charge in [-0.05, 0) is 129 Å². The zero-order chi connectivity index (χ0) is 76.4. The van der Waals surface area contributed by atoms with Gasteiger partial charge in [-0.3, -0.25) is 0 Å². The first-order valence-corrected chi connectivity index (χ1v) is 30.9. The molecule has 0 unspecified atom stereocenters. The molecule has 0 aliphatic carbocycles. The second-order valence-electron chi connectivity index (χ2n) is 23.3. The minimum Gasteiger partial charge on any atom is -0.455 e. The second-order valence-corrected chi connectivity index (χ2v) is 23.3. The van der Waals surface area contributed by atoms with E-state index >= 15 is 0 Å². The van der Waals surface area contributed by atoms with Crippen molar-refractivity contribution in [3.63, 3.8) is 0 Å². The Balaban J connectivity index is 1.05. The molecule has 0 saturated carbocycles. The summed E-state index contributed by atoms with van der Waals surface area (Å²) in [6.07, 6.45) is 0. The SMILES string of the molecule is [2H]c1c([2H])c([2H])c(-c2nc(-c3cc([N+]#[C-])c(-n4c5ccc(-c6ccccc6)cc5c5c6oc7ccc(-c8ccccc8)cc7c6ccc54)c(-c4c([2H])c([2H])c([2H])c([2H])c4[2H])c3-n3c4ccc(-c5ccccc5)cc4c4c5oc6ccc(-c7ccccc7)cc6c5ccc43)nc(-c3c([2H])c([2H])c([2H])c([2H])c3[2H])n2)c([2H])c1[2H]. The fourth-order valence-corrected chi connectivity index (χ4v) is 13.8. The van der Waals surface area contributed by atoms with E-state index in [1.54, 1.807) is 0 Å². The molecular formula is C88H52N6O2. The summed E-state index contributed by atoms with van der Waals surface area (Å²) in [5.74, 6) is -1.74. The average molecular weight is 1240 g/mol. The number of hydrogen-bond acceptors (Lipinski definition) is 5. The monoisotopic (exact) mass is 1240 g/mol. The summed E-state index contributed by atoms with van der Waals surface area (Å²) in [4.78, 5) is 19.2. The Kier molecular flexibility index (Phi) is 9.46. The molecule has 0 amide bonds. The molecule has 8 heteroatoms. The van der Waals surface area contributed by atoms with Crippen LogP contribution in [0.2, 0.25) is 0 Å². The maximum Gasteiger partial charge on any atom is 0.212 e. The van der Waals surface area contributed by atoms with Crippen LogP contribution in [-0.4, -0.2) is 24.1 Å². The van der Waals surface area contributed by atoms with E-state index in [1.807, 2.05) is 215 Å². The molecule has 5 heterocycles. The Bertz CT molecular complexity index is 7170. The smallest absolute Gasteiger partial charge is 0.212 e. The van der Waals surface area contributed by atoms with Crippen LogP contribution in [0.5, 0.6) is 0 Å². The number of rotatable bonds is 10. The highest BCUT2D eigenvalue weighted by atomic mass is 16.3. The van der Waals surface area contributed by atoms with E-state index < -0.39 is 125 Å². The normalized spacial score (nSPS) is 13.9. The van der Waals surface area contributed by atoms with Crippen LogP contribution in [0.1, 0.15) is 20.6 Å². The third-order valence-electron chi connectivity index (χ3n) is 18.1.